The molecular weight excluding hydrogens is 352 g/mol. The lowest BCUT2D eigenvalue weighted by Gasteiger charge is -2.12. The van der Waals surface area contributed by atoms with Gasteiger partial charge in [-0.15, -0.1) is 0 Å². The van der Waals surface area contributed by atoms with Crippen molar-refractivity contribution in [2.45, 2.75) is 39.3 Å². The highest BCUT2D eigenvalue weighted by atomic mass is 32.2. The summed E-state index contributed by atoms with van der Waals surface area (Å²) in [4.78, 5) is 12.1. The molecule has 26 heavy (non-hydrogen) atoms. The van der Waals surface area contributed by atoms with Crippen molar-refractivity contribution in [3.8, 4) is 5.75 Å². The molecule has 6 nitrogen and oxygen atoms in total. The Balaban J connectivity index is 1.61. The van der Waals surface area contributed by atoms with Gasteiger partial charge in [-0.1, -0.05) is 19.9 Å². The van der Waals surface area contributed by atoms with E-state index in [1.165, 1.54) is 0 Å². The number of amides is 1. The first-order valence-corrected chi connectivity index (χ1v) is 10.9. The second kappa shape index (κ2) is 7.70. The maximum Gasteiger partial charge on any atom is 0.258 e. The Hall–Kier alpha value is -2.02. The lowest BCUT2D eigenvalue weighted by Crippen LogP contribution is -2.38. The largest absolute Gasteiger partial charge is 0.483 e. The van der Waals surface area contributed by atoms with Crippen molar-refractivity contribution in [2.24, 2.45) is 5.92 Å². The normalized spacial score (nSPS) is 19.1. The van der Waals surface area contributed by atoms with E-state index in [0.29, 0.717) is 18.1 Å². The summed E-state index contributed by atoms with van der Waals surface area (Å²) in [5, 5.41) is 3.72. The number of aromatic nitrogens is 1. The Bertz CT molecular complexity index is 886. The fourth-order valence-corrected chi connectivity index (χ4v) is 4.91. The summed E-state index contributed by atoms with van der Waals surface area (Å²) in [5.41, 5.74) is 1.09. The number of carbonyl (C=O) groups excluding carboxylic acids is 1. The third-order valence-electron chi connectivity index (χ3n) is 4.68. The number of hydrogen-bond donors (Lipinski definition) is 1. The van der Waals surface area contributed by atoms with E-state index in [2.05, 4.69) is 23.7 Å². The van der Waals surface area contributed by atoms with Crippen LogP contribution in [0.25, 0.3) is 10.9 Å². The van der Waals surface area contributed by atoms with Crippen LogP contribution in [0.2, 0.25) is 0 Å². The van der Waals surface area contributed by atoms with Crippen LogP contribution < -0.4 is 10.1 Å². The van der Waals surface area contributed by atoms with Crippen LogP contribution in [0.3, 0.4) is 0 Å². The van der Waals surface area contributed by atoms with Gasteiger partial charge in [-0.2, -0.15) is 0 Å². The van der Waals surface area contributed by atoms with Gasteiger partial charge in [0.05, 0.1) is 17.0 Å². The van der Waals surface area contributed by atoms with Gasteiger partial charge in [0.1, 0.15) is 5.75 Å². The smallest absolute Gasteiger partial charge is 0.258 e. The number of rotatable bonds is 7. The monoisotopic (exact) mass is 378 g/mol. The summed E-state index contributed by atoms with van der Waals surface area (Å²) >= 11 is 0. The van der Waals surface area contributed by atoms with Crippen molar-refractivity contribution >= 4 is 26.6 Å². The van der Waals surface area contributed by atoms with Crippen molar-refractivity contribution in [3.63, 3.8) is 0 Å². The highest BCUT2D eigenvalue weighted by Crippen LogP contribution is 2.27. The van der Waals surface area contributed by atoms with Gasteiger partial charge in [0.2, 0.25) is 0 Å². The standard InChI is InChI=1S/C19H26N2O4S/c1-14(2)6-9-21-10-7-16-17(21)4-3-5-18(16)25-12-19(22)20-15-8-11-26(23,24)13-15/h3-5,7,10,14-15H,6,8-9,11-13H2,1-2H3,(H,20,22)/t15-/m0/s1. The lowest BCUT2D eigenvalue weighted by atomic mass is 10.1. The van der Waals surface area contributed by atoms with E-state index in [9.17, 15) is 13.2 Å². The fraction of sp³-hybridized carbons (Fsp3) is 0.526. The SMILES string of the molecule is CC(C)CCn1ccc2c(OCC(=O)N[C@H]3CCS(=O)(=O)C3)cccc21. The maximum absolute atomic E-state index is 12.1. The molecule has 1 aromatic carbocycles. The number of aryl methyl sites for hydroxylation is 1. The van der Waals surface area contributed by atoms with E-state index in [0.717, 1.165) is 23.9 Å². The van der Waals surface area contributed by atoms with Crippen LogP contribution in [0.1, 0.15) is 26.7 Å². The van der Waals surface area contributed by atoms with Gasteiger partial charge >= 0.3 is 0 Å². The van der Waals surface area contributed by atoms with Gasteiger partial charge in [0.25, 0.3) is 5.91 Å². The van der Waals surface area contributed by atoms with Crippen LogP contribution in [0.4, 0.5) is 0 Å². The molecule has 7 heteroatoms. The third-order valence-corrected chi connectivity index (χ3v) is 6.45. The molecule has 1 N–H and O–H groups in total. The molecule has 3 rings (SSSR count). The van der Waals surface area contributed by atoms with Crippen LogP contribution in [0, 0.1) is 5.92 Å². The van der Waals surface area contributed by atoms with E-state index in [-0.39, 0.29) is 30.1 Å². The van der Waals surface area contributed by atoms with E-state index >= 15 is 0 Å². The van der Waals surface area contributed by atoms with E-state index in [1.54, 1.807) is 0 Å². The predicted octanol–water partition coefficient (Wildman–Crippen LogP) is 2.37. The molecule has 1 amide bonds. The summed E-state index contributed by atoms with van der Waals surface area (Å²) in [5.74, 6) is 1.17. The summed E-state index contributed by atoms with van der Waals surface area (Å²) in [7, 11) is -3.00. The third kappa shape index (κ3) is 4.58. The molecule has 0 bridgehead atoms. The molecule has 1 atom stereocenters. The zero-order valence-corrected chi connectivity index (χ0v) is 16.1. The minimum Gasteiger partial charge on any atom is -0.483 e. The van der Waals surface area contributed by atoms with Crippen LogP contribution in [-0.4, -0.2) is 43.0 Å². The second-order valence-corrected chi connectivity index (χ2v) is 9.57. The summed E-state index contributed by atoms with van der Waals surface area (Å²) < 4.78 is 30.8. The number of ether oxygens (including phenoxy) is 1. The maximum atomic E-state index is 12.1. The van der Waals surface area contributed by atoms with Gasteiger partial charge in [0.15, 0.2) is 16.4 Å². The summed E-state index contributed by atoms with van der Waals surface area (Å²) in [6.07, 6.45) is 3.62. The number of nitrogens with one attached hydrogen (secondary N) is 1. The highest BCUT2D eigenvalue weighted by molar-refractivity contribution is 7.91. The zero-order valence-electron chi connectivity index (χ0n) is 15.3. The molecule has 1 aromatic heterocycles. The Kier molecular flexibility index (Phi) is 5.55. The lowest BCUT2D eigenvalue weighted by molar-refractivity contribution is -0.123. The first-order chi connectivity index (χ1) is 12.3. The highest BCUT2D eigenvalue weighted by Gasteiger charge is 2.28. The summed E-state index contributed by atoms with van der Waals surface area (Å²) in [6.45, 7) is 5.23. The van der Waals surface area contributed by atoms with Crippen LogP contribution in [0.5, 0.6) is 5.75 Å². The fourth-order valence-electron chi connectivity index (χ4n) is 3.23. The molecule has 0 saturated carbocycles. The Morgan fingerprint density at radius 3 is 2.85 bits per heavy atom. The first kappa shape index (κ1) is 18.8. The predicted molar refractivity (Wildman–Crippen MR) is 102 cm³/mol. The minimum absolute atomic E-state index is 0.0209. The molecule has 1 aliphatic heterocycles. The van der Waals surface area contributed by atoms with Gasteiger partial charge < -0.3 is 14.6 Å². The Labute approximate surface area is 154 Å². The van der Waals surface area contributed by atoms with Crippen molar-refractivity contribution < 1.29 is 17.9 Å². The second-order valence-electron chi connectivity index (χ2n) is 7.34. The van der Waals surface area contributed by atoms with Crippen molar-refractivity contribution in [1.82, 2.24) is 9.88 Å². The van der Waals surface area contributed by atoms with Crippen molar-refractivity contribution in [1.29, 1.82) is 0 Å². The molecule has 1 fully saturated rings. The number of fused-ring (bicyclic) bond motifs is 1. The van der Waals surface area contributed by atoms with Gasteiger partial charge in [0, 0.05) is 24.2 Å². The number of nitrogens with zero attached hydrogens (tertiary/aromatic N) is 1. The molecule has 0 unspecified atom stereocenters. The molecule has 2 heterocycles. The van der Waals surface area contributed by atoms with Crippen molar-refractivity contribution in [2.75, 3.05) is 18.1 Å². The first-order valence-electron chi connectivity index (χ1n) is 9.04. The number of carbonyl (C=O) groups is 1. The van der Waals surface area contributed by atoms with E-state index < -0.39 is 9.84 Å². The molecule has 142 valence electrons. The van der Waals surface area contributed by atoms with E-state index in [4.69, 9.17) is 4.74 Å². The molecule has 1 aliphatic rings. The Morgan fingerprint density at radius 2 is 2.15 bits per heavy atom. The van der Waals surface area contributed by atoms with Crippen LogP contribution >= 0.6 is 0 Å². The molecule has 0 spiro atoms. The quantitative estimate of drug-likeness (QED) is 0.802. The number of sulfone groups is 1. The molecular formula is C19H26N2O4S. The van der Waals surface area contributed by atoms with Crippen LogP contribution in [0.15, 0.2) is 30.5 Å². The molecule has 0 aliphatic carbocycles. The van der Waals surface area contributed by atoms with Gasteiger partial charge in [-0.3, -0.25) is 4.79 Å². The number of hydrogen-bond acceptors (Lipinski definition) is 4. The Morgan fingerprint density at radius 1 is 1.35 bits per heavy atom. The molecule has 2 aromatic rings. The van der Waals surface area contributed by atoms with E-state index in [1.807, 2.05) is 30.5 Å². The van der Waals surface area contributed by atoms with Crippen molar-refractivity contribution in [3.05, 3.63) is 30.5 Å². The van der Waals surface area contributed by atoms with Gasteiger partial charge in [-0.05, 0) is 37.0 Å². The van der Waals surface area contributed by atoms with Gasteiger partial charge in [-0.25, -0.2) is 8.42 Å². The zero-order chi connectivity index (χ0) is 18.7. The van der Waals surface area contributed by atoms with Crippen LogP contribution in [-0.2, 0) is 21.2 Å². The number of benzene rings is 1. The minimum atomic E-state index is -3.00. The topological polar surface area (TPSA) is 77.4 Å². The average molecular weight is 378 g/mol. The summed E-state index contributed by atoms with van der Waals surface area (Å²) in [6, 6.07) is 7.52. The molecule has 0 radical (unpaired) electrons. The average Bonchev–Trinajstić information content (AvgIpc) is 3.14. The molecule has 1 saturated heterocycles.